The molecule has 1 N–H and O–H groups in total. The van der Waals surface area contributed by atoms with Crippen molar-refractivity contribution in [3.05, 3.63) is 23.8 Å². The van der Waals surface area contributed by atoms with E-state index in [9.17, 15) is 9.90 Å². The number of rotatable bonds is 6. The van der Waals surface area contributed by atoms with E-state index in [-0.39, 0.29) is 19.2 Å². The summed E-state index contributed by atoms with van der Waals surface area (Å²) in [6.07, 6.45) is 0. The van der Waals surface area contributed by atoms with Gasteiger partial charge in [-0.2, -0.15) is 0 Å². The second-order valence-corrected chi connectivity index (χ2v) is 4.80. The molecule has 0 fully saturated rings. The Kier molecular flexibility index (Phi) is 5.18. The topological polar surface area (TPSA) is 65.0 Å². The summed E-state index contributed by atoms with van der Waals surface area (Å²) in [6, 6.07) is 5.14. The Hall–Kier alpha value is -1.75. The lowest BCUT2D eigenvalue weighted by atomic mass is 9.95. The number of aliphatic hydroxyl groups is 1. The third-order valence-electron chi connectivity index (χ3n) is 2.77. The number of benzene rings is 1. The number of hydrogen-bond acceptors (Lipinski definition) is 5. The van der Waals surface area contributed by atoms with E-state index in [2.05, 4.69) is 0 Å². The SMILES string of the molecule is COC(=O)C(C)(C)COc1cc(OC)ccc1CO. The lowest BCUT2D eigenvalue weighted by Crippen LogP contribution is -2.32. The van der Waals surface area contributed by atoms with Crippen molar-refractivity contribution in [1.29, 1.82) is 0 Å². The third-order valence-corrected chi connectivity index (χ3v) is 2.77. The van der Waals surface area contributed by atoms with E-state index >= 15 is 0 Å². The first-order valence-corrected chi connectivity index (χ1v) is 5.93. The molecule has 0 aliphatic rings. The van der Waals surface area contributed by atoms with Gasteiger partial charge in [0.05, 0.1) is 26.2 Å². The van der Waals surface area contributed by atoms with Gasteiger partial charge < -0.3 is 19.3 Å². The molecule has 1 rings (SSSR count). The summed E-state index contributed by atoms with van der Waals surface area (Å²) in [4.78, 5) is 11.6. The fourth-order valence-corrected chi connectivity index (χ4v) is 1.52. The highest BCUT2D eigenvalue weighted by atomic mass is 16.5. The molecule has 19 heavy (non-hydrogen) atoms. The van der Waals surface area contributed by atoms with Gasteiger partial charge in [0.15, 0.2) is 0 Å². The van der Waals surface area contributed by atoms with E-state index in [1.807, 2.05) is 0 Å². The molecule has 0 atom stereocenters. The molecule has 0 heterocycles. The van der Waals surface area contributed by atoms with Crippen molar-refractivity contribution >= 4 is 5.97 Å². The summed E-state index contributed by atoms with van der Waals surface area (Å²) in [5, 5.41) is 9.25. The standard InChI is InChI=1S/C14H20O5/c1-14(2,13(16)18-4)9-19-12-7-11(17-3)6-5-10(12)8-15/h5-7,15H,8-9H2,1-4H3. The van der Waals surface area contributed by atoms with Crippen molar-refractivity contribution in [3.8, 4) is 11.5 Å². The minimum Gasteiger partial charge on any atom is -0.497 e. The minimum absolute atomic E-state index is 0.141. The predicted molar refractivity (Wildman–Crippen MR) is 70.2 cm³/mol. The molecule has 0 saturated carbocycles. The first-order valence-electron chi connectivity index (χ1n) is 5.93. The van der Waals surface area contributed by atoms with Gasteiger partial charge in [0.1, 0.15) is 18.1 Å². The molecule has 0 radical (unpaired) electrons. The van der Waals surface area contributed by atoms with Crippen LogP contribution in [0.3, 0.4) is 0 Å². The quantitative estimate of drug-likeness (QED) is 0.796. The Morgan fingerprint density at radius 3 is 2.53 bits per heavy atom. The fourth-order valence-electron chi connectivity index (χ4n) is 1.52. The molecule has 5 nitrogen and oxygen atoms in total. The number of methoxy groups -OCH3 is 2. The lowest BCUT2D eigenvalue weighted by molar-refractivity contribution is -0.152. The van der Waals surface area contributed by atoms with Crippen molar-refractivity contribution in [2.75, 3.05) is 20.8 Å². The number of aliphatic hydroxyl groups excluding tert-OH is 1. The highest BCUT2D eigenvalue weighted by Gasteiger charge is 2.30. The molecule has 0 aliphatic heterocycles. The van der Waals surface area contributed by atoms with Gasteiger partial charge in [0, 0.05) is 11.6 Å². The van der Waals surface area contributed by atoms with E-state index in [0.29, 0.717) is 17.1 Å². The lowest BCUT2D eigenvalue weighted by Gasteiger charge is -2.22. The maximum absolute atomic E-state index is 11.6. The maximum Gasteiger partial charge on any atom is 0.314 e. The average Bonchev–Trinajstić information content (AvgIpc) is 2.43. The van der Waals surface area contributed by atoms with Crippen LogP contribution in [0.15, 0.2) is 18.2 Å². The molecule has 106 valence electrons. The summed E-state index contributed by atoms with van der Waals surface area (Å²) in [5.41, 5.74) is -0.119. The number of ether oxygens (including phenoxy) is 3. The largest absolute Gasteiger partial charge is 0.497 e. The average molecular weight is 268 g/mol. The highest BCUT2D eigenvalue weighted by molar-refractivity contribution is 5.75. The summed E-state index contributed by atoms with van der Waals surface area (Å²) in [6.45, 7) is 3.48. The van der Waals surface area contributed by atoms with Gasteiger partial charge in [-0.25, -0.2) is 0 Å². The molecule has 0 aliphatic carbocycles. The summed E-state index contributed by atoms with van der Waals surface area (Å²) in [7, 11) is 2.89. The van der Waals surface area contributed by atoms with Crippen LogP contribution in [0, 0.1) is 5.41 Å². The first kappa shape index (κ1) is 15.3. The molecule has 1 aromatic rings. The van der Waals surface area contributed by atoms with Crippen molar-refractivity contribution < 1.29 is 24.1 Å². The smallest absolute Gasteiger partial charge is 0.314 e. The van der Waals surface area contributed by atoms with Crippen LogP contribution in [0.1, 0.15) is 19.4 Å². The van der Waals surface area contributed by atoms with Gasteiger partial charge in [0.2, 0.25) is 0 Å². The highest BCUT2D eigenvalue weighted by Crippen LogP contribution is 2.27. The molecular weight excluding hydrogens is 248 g/mol. The molecule has 0 saturated heterocycles. The van der Waals surface area contributed by atoms with Crippen LogP contribution in [0.25, 0.3) is 0 Å². The Morgan fingerprint density at radius 1 is 1.32 bits per heavy atom. The zero-order chi connectivity index (χ0) is 14.5. The van der Waals surface area contributed by atoms with E-state index in [0.717, 1.165) is 0 Å². The summed E-state index contributed by atoms with van der Waals surface area (Å²) >= 11 is 0. The maximum atomic E-state index is 11.6. The molecule has 0 spiro atoms. The molecule has 0 aromatic heterocycles. The molecule has 5 heteroatoms. The zero-order valence-corrected chi connectivity index (χ0v) is 11.7. The normalized spacial score (nSPS) is 11.0. The molecular formula is C14H20O5. The molecule has 0 unspecified atom stereocenters. The zero-order valence-electron chi connectivity index (χ0n) is 11.7. The van der Waals surface area contributed by atoms with E-state index in [4.69, 9.17) is 14.2 Å². The monoisotopic (exact) mass is 268 g/mol. The minimum atomic E-state index is -0.759. The predicted octanol–water partition coefficient (Wildman–Crippen LogP) is 1.77. The molecule has 0 amide bonds. The van der Waals surface area contributed by atoms with Gasteiger partial charge in [-0.1, -0.05) is 0 Å². The number of esters is 1. The molecule has 1 aromatic carbocycles. The Balaban J connectivity index is 2.84. The van der Waals surface area contributed by atoms with Crippen molar-refractivity contribution in [2.45, 2.75) is 20.5 Å². The van der Waals surface area contributed by atoms with E-state index in [1.54, 1.807) is 39.2 Å². The number of carbonyl (C=O) groups excluding carboxylic acids is 1. The Morgan fingerprint density at radius 2 is 2.00 bits per heavy atom. The van der Waals surface area contributed by atoms with Crippen molar-refractivity contribution in [2.24, 2.45) is 5.41 Å². The van der Waals surface area contributed by atoms with Crippen molar-refractivity contribution in [1.82, 2.24) is 0 Å². The van der Waals surface area contributed by atoms with Gasteiger partial charge in [-0.05, 0) is 26.0 Å². The Bertz CT molecular complexity index is 439. The Labute approximate surface area is 113 Å². The number of carbonyl (C=O) groups is 1. The van der Waals surface area contributed by atoms with Crippen LogP contribution in [0.2, 0.25) is 0 Å². The summed E-state index contributed by atoms with van der Waals surface area (Å²) < 4.78 is 15.4. The second kappa shape index (κ2) is 6.43. The van der Waals surface area contributed by atoms with Crippen LogP contribution in [-0.2, 0) is 16.1 Å². The summed E-state index contributed by atoms with van der Waals surface area (Å²) in [5.74, 6) is 0.780. The first-order chi connectivity index (χ1) is 8.94. The van der Waals surface area contributed by atoms with Gasteiger partial charge >= 0.3 is 5.97 Å². The van der Waals surface area contributed by atoms with Crippen molar-refractivity contribution in [3.63, 3.8) is 0 Å². The van der Waals surface area contributed by atoms with Crippen LogP contribution in [0.5, 0.6) is 11.5 Å². The molecule has 0 bridgehead atoms. The van der Waals surface area contributed by atoms with E-state index in [1.165, 1.54) is 7.11 Å². The number of hydrogen-bond donors (Lipinski definition) is 1. The van der Waals surface area contributed by atoms with E-state index < -0.39 is 5.41 Å². The van der Waals surface area contributed by atoms with Crippen LogP contribution >= 0.6 is 0 Å². The second-order valence-electron chi connectivity index (χ2n) is 4.80. The van der Waals surface area contributed by atoms with Gasteiger partial charge in [0.25, 0.3) is 0 Å². The van der Waals surface area contributed by atoms with Crippen LogP contribution < -0.4 is 9.47 Å². The van der Waals surface area contributed by atoms with Crippen LogP contribution in [-0.4, -0.2) is 31.9 Å². The van der Waals surface area contributed by atoms with Gasteiger partial charge in [-0.15, -0.1) is 0 Å². The van der Waals surface area contributed by atoms with Crippen LogP contribution in [0.4, 0.5) is 0 Å². The van der Waals surface area contributed by atoms with Gasteiger partial charge in [-0.3, -0.25) is 4.79 Å². The fraction of sp³-hybridized carbons (Fsp3) is 0.500. The third kappa shape index (κ3) is 3.86.